The van der Waals surface area contributed by atoms with Crippen LogP contribution in [-0.4, -0.2) is 5.78 Å². The third kappa shape index (κ3) is 10.1. The summed E-state index contributed by atoms with van der Waals surface area (Å²) in [4.78, 5) is 11.8. The van der Waals surface area contributed by atoms with Gasteiger partial charge in [-0.2, -0.15) is 0 Å². The second kappa shape index (κ2) is 19.4. The molecule has 0 saturated heterocycles. The number of hydrogen-bond acceptors (Lipinski definition) is 1. The van der Waals surface area contributed by atoms with E-state index in [9.17, 15) is 4.79 Å². The van der Waals surface area contributed by atoms with Gasteiger partial charge in [-0.05, 0) is 0 Å². The summed E-state index contributed by atoms with van der Waals surface area (Å²) in [5.74, 6) is -0.0273. The number of rotatable bonds is 4. The molecule has 0 spiro atoms. The van der Waals surface area contributed by atoms with Crippen LogP contribution in [0.3, 0.4) is 0 Å². The van der Waals surface area contributed by atoms with E-state index in [0.717, 1.165) is 0 Å². The maximum atomic E-state index is 11.8. The molecule has 0 aromatic heterocycles. The SMILES string of the molecule is C=C/C=C(\C=C)C(=O)c1ccccc1.CC.CC.CC. The molecule has 0 heterocycles. The number of allylic oxidation sites excluding steroid dienone is 4. The van der Waals surface area contributed by atoms with Crippen LogP contribution in [-0.2, 0) is 0 Å². The van der Waals surface area contributed by atoms with Gasteiger partial charge < -0.3 is 0 Å². The fourth-order valence-electron chi connectivity index (χ4n) is 1.12. The molecule has 1 nitrogen and oxygen atoms in total. The zero-order valence-electron chi connectivity index (χ0n) is 13.9. The van der Waals surface area contributed by atoms with Crippen LogP contribution in [0.2, 0.25) is 0 Å². The van der Waals surface area contributed by atoms with E-state index < -0.39 is 0 Å². The lowest BCUT2D eigenvalue weighted by atomic mass is 10.0. The van der Waals surface area contributed by atoms with E-state index in [2.05, 4.69) is 13.2 Å². The monoisotopic (exact) mass is 274 g/mol. The zero-order chi connectivity index (χ0) is 16.4. The van der Waals surface area contributed by atoms with E-state index in [-0.39, 0.29) is 5.78 Å². The number of carbonyl (C=O) groups excluding carboxylic acids is 1. The van der Waals surface area contributed by atoms with Crippen molar-refractivity contribution < 1.29 is 4.79 Å². The summed E-state index contributed by atoms with van der Waals surface area (Å²) < 4.78 is 0. The normalized spacial score (nSPS) is 8.40. The molecule has 0 aliphatic rings. The molecule has 0 amide bonds. The molecule has 0 unspecified atom stereocenters. The highest BCUT2D eigenvalue weighted by Gasteiger charge is 2.06. The van der Waals surface area contributed by atoms with Gasteiger partial charge >= 0.3 is 0 Å². The summed E-state index contributed by atoms with van der Waals surface area (Å²) in [6, 6.07) is 9.11. The lowest BCUT2D eigenvalue weighted by Gasteiger charge is -1.99. The molecule has 0 aliphatic heterocycles. The topological polar surface area (TPSA) is 17.1 Å². The van der Waals surface area contributed by atoms with Crippen molar-refractivity contribution in [3.05, 3.63) is 72.9 Å². The summed E-state index contributed by atoms with van der Waals surface area (Å²) in [5, 5.41) is 0. The first-order chi connectivity index (χ1) is 9.79. The molecule has 0 atom stereocenters. The molecule has 20 heavy (non-hydrogen) atoms. The third-order valence-corrected chi connectivity index (χ3v) is 1.82. The minimum absolute atomic E-state index is 0.0273. The summed E-state index contributed by atoms with van der Waals surface area (Å²) in [6.07, 6.45) is 4.78. The van der Waals surface area contributed by atoms with Crippen LogP contribution >= 0.6 is 0 Å². The van der Waals surface area contributed by atoms with Crippen LogP contribution in [0.1, 0.15) is 51.9 Å². The molecule has 0 fully saturated rings. The van der Waals surface area contributed by atoms with E-state index in [0.29, 0.717) is 11.1 Å². The van der Waals surface area contributed by atoms with E-state index in [1.807, 2.05) is 59.7 Å². The van der Waals surface area contributed by atoms with Gasteiger partial charge in [0, 0.05) is 11.1 Å². The van der Waals surface area contributed by atoms with Crippen LogP contribution in [0.4, 0.5) is 0 Å². The molecular weight excluding hydrogens is 244 g/mol. The second-order valence-corrected chi connectivity index (χ2v) is 2.76. The van der Waals surface area contributed by atoms with E-state index in [1.165, 1.54) is 6.08 Å². The number of hydrogen-bond donors (Lipinski definition) is 0. The average Bonchev–Trinajstić information content (AvgIpc) is 2.58. The fourth-order valence-corrected chi connectivity index (χ4v) is 1.12. The molecule has 1 rings (SSSR count). The van der Waals surface area contributed by atoms with Gasteiger partial charge in [0.25, 0.3) is 0 Å². The number of carbonyl (C=O) groups is 1. The first kappa shape index (κ1) is 23.2. The van der Waals surface area contributed by atoms with Crippen LogP contribution < -0.4 is 0 Å². The minimum Gasteiger partial charge on any atom is -0.289 e. The van der Waals surface area contributed by atoms with E-state index in [1.54, 1.807) is 24.3 Å². The maximum absolute atomic E-state index is 11.8. The van der Waals surface area contributed by atoms with Crippen LogP contribution in [0.15, 0.2) is 67.3 Å². The van der Waals surface area contributed by atoms with Gasteiger partial charge in [-0.15, -0.1) is 0 Å². The van der Waals surface area contributed by atoms with Crippen molar-refractivity contribution in [2.24, 2.45) is 0 Å². The highest BCUT2D eigenvalue weighted by molar-refractivity contribution is 6.10. The Morgan fingerprint density at radius 3 is 1.70 bits per heavy atom. The van der Waals surface area contributed by atoms with Gasteiger partial charge in [0.1, 0.15) is 0 Å². The van der Waals surface area contributed by atoms with Gasteiger partial charge in [-0.1, -0.05) is 103 Å². The molecule has 112 valence electrons. The highest BCUT2D eigenvalue weighted by Crippen LogP contribution is 2.08. The Morgan fingerprint density at radius 1 is 0.900 bits per heavy atom. The van der Waals surface area contributed by atoms with Gasteiger partial charge in [0.05, 0.1) is 0 Å². The van der Waals surface area contributed by atoms with Gasteiger partial charge in [-0.25, -0.2) is 0 Å². The number of Topliss-reactive ketones (excluding diaryl/α,β-unsaturated/α-hetero) is 1. The van der Waals surface area contributed by atoms with Crippen LogP contribution in [0.25, 0.3) is 0 Å². The molecular formula is C19H30O. The maximum Gasteiger partial charge on any atom is 0.192 e. The van der Waals surface area contributed by atoms with Crippen molar-refractivity contribution in [1.82, 2.24) is 0 Å². The number of ketones is 1. The first-order valence-electron chi connectivity index (χ1n) is 7.34. The molecule has 1 aromatic carbocycles. The van der Waals surface area contributed by atoms with E-state index in [4.69, 9.17) is 0 Å². The fraction of sp³-hybridized carbons (Fsp3) is 0.316. The van der Waals surface area contributed by atoms with Crippen molar-refractivity contribution in [1.29, 1.82) is 0 Å². The molecule has 0 bridgehead atoms. The molecule has 1 heteroatoms. The van der Waals surface area contributed by atoms with Gasteiger partial charge in [0.15, 0.2) is 5.78 Å². The van der Waals surface area contributed by atoms with Crippen LogP contribution in [0, 0.1) is 0 Å². The third-order valence-electron chi connectivity index (χ3n) is 1.82. The molecule has 0 radical (unpaired) electrons. The van der Waals surface area contributed by atoms with Crippen molar-refractivity contribution in [2.45, 2.75) is 41.5 Å². The summed E-state index contributed by atoms with van der Waals surface area (Å²) in [5.41, 5.74) is 1.23. The zero-order valence-corrected chi connectivity index (χ0v) is 13.9. The largest absolute Gasteiger partial charge is 0.289 e. The lowest BCUT2D eigenvalue weighted by molar-refractivity contribution is 0.103. The molecule has 0 N–H and O–H groups in total. The predicted molar refractivity (Wildman–Crippen MR) is 93.3 cm³/mol. The standard InChI is InChI=1S/C13H12O.3C2H6/c1-3-8-11(4-2)13(14)12-9-6-5-7-10-12;3*1-2/h3-10H,1-2H2;3*1-2H3/b11-8+;;;. The van der Waals surface area contributed by atoms with Gasteiger partial charge in [-0.3, -0.25) is 4.79 Å². The van der Waals surface area contributed by atoms with Crippen molar-refractivity contribution in [3.63, 3.8) is 0 Å². The summed E-state index contributed by atoms with van der Waals surface area (Å²) in [6.45, 7) is 19.1. The predicted octanol–water partition coefficient (Wildman–Crippen LogP) is 6.25. The Bertz CT molecular complexity index is 372. The smallest absolute Gasteiger partial charge is 0.192 e. The first-order valence-corrected chi connectivity index (χ1v) is 7.34. The van der Waals surface area contributed by atoms with E-state index >= 15 is 0 Å². The summed E-state index contributed by atoms with van der Waals surface area (Å²) >= 11 is 0. The Balaban J connectivity index is -0.000000425. The number of benzene rings is 1. The van der Waals surface area contributed by atoms with Gasteiger partial charge in [0.2, 0.25) is 0 Å². The lowest BCUT2D eigenvalue weighted by Crippen LogP contribution is -2.00. The highest BCUT2D eigenvalue weighted by atomic mass is 16.1. The Hall–Kier alpha value is -1.89. The second-order valence-electron chi connectivity index (χ2n) is 2.76. The van der Waals surface area contributed by atoms with Crippen molar-refractivity contribution >= 4 is 5.78 Å². The minimum atomic E-state index is -0.0273. The summed E-state index contributed by atoms with van der Waals surface area (Å²) in [7, 11) is 0. The van der Waals surface area contributed by atoms with Crippen molar-refractivity contribution in [2.75, 3.05) is 0 Å². The quantitative estimate of drug-likeness (QED) is 0.360. The molecule has 1 aromatic rings. The van der Waals surface area contributed by atoms with Crippen LogP contribution in [0.5, 0.6) is 0 Å². The Labute approximate surface area is 125 Å². The molecule has 0 saturated carbocycles. The molecule has 0 aliphatic carbocycles. The Morgan fingerprint density at radius 2 is 1.35 bits per heavy atom. The Kier molecular flexibility index (Phi) is 22.6. The van der Waals surface area contributed by atoms with Crippen molar-refractivity contribution in [3.8, 4) is 0 Å². The average molecular weight is 274 g/mol.